The van der Waals surface area contributed by atoms with Gasteiger partial charge in [0.1, 0.15) is 19.3 Å². The van der Waals surface area contributed by atoms with Crippen molar-refractivity contribution in [3.8, 4) is 0 Å². The molecule has 0 heterocycles. The average Bonchev–Trinajstić information content (AvgIpc) is 3.16. The highest BCUT2D eigenvalue weighted by Crippen LogP contribution is 2.45. The Morgan fingerprint density at radius 2 is 0.593 bits per heavy atom. The van der Waals surface area contributed by atoms with Gasteiger partial charge in [0.15, 0.2) is 12.2 Å². The fraction of sp³-hybridized carbons (Fsp3) is 0.889. The second-order valence-corrected chi connectivity index (χ2v) is 29.2. The molecule has 0 aromatic carbocycles. The summed E-state index contributed by atoms with van der Waals surface area (Å²) in [5, 5.41) is 10.6. The van der Waals surface area contributed by atoms with Gasteiger partial charge in [-0.15, -0.1) is 0 Å². The minimum Gasteiger partial charge on any atom is -0.462 e. The molecule has 0 saturated carbocycles. The van der Waals surface area contributed by atoms with E-state index in [1.165, 1.54) is 148 Å². The fourth-order valence-corrected chi connectivity index (χ4v) is 12.0. The van der Waals surface area contributed by atoms with Gasteiger partial charge in [-0.1, -0.05) is 291 Å². The summed E-state index contributed by atoms with van der Waals surface area (Å²) in [4.78, 5) is 72.6. The molecule has 0 aliphatic carbocycles. The highest BCUT2D eigenvalue weighted by molar-refractivity contribution is 7.47. The summed E-state index contributed by atoms with van der Waals surface area (Å²) < 4.78 is 68.3. The van der Waals surface area contributed by atoms with Crippen molar-refractivity contribution in [1.29, 1.82) is 0 Å². The number of rotatable bonds is 69. The van der Waals surface area contributed by atoms with Crippen molar-refractivity contribution in [2.24, 2.45) is 11.8 Å². The number of carbonyl (C=O) groups excluding carboxylic acids is 4. The summed E-state index contributed by atoms with van der Waals surface area (Å²) in [6.07, 6.45) is 52.1. The zero-order valence-corrected chi connectivity index (χ0v) is 60.4. The Morgan fingerprint density at radius 3 is 0.901 bits per heavy atom. The smallest absolute Gasteiger partial charge is 0.462 e. The first-order valence-electron chi connectivity index (χ1n) is 36.8. The Bertz CT molecular complexity index is 1860. The molecule has 0 saturated heterocycles. The summed E-state index contributed by atoms with van der Waals surface area (Å²) in [6, 6.07) is 0. The third-order valence-corrected chi connectivity index (χ3v) is 18.0. The number of aliphatic hydroxyl groups excluding tert-OH is 1. The number of esters is 4. The number of phosphoric ester groups is 2. The number of aliphatic hydroxyl groups is 1. The number of hydrogen-bond donors (Lipinski definition) is 3. The Balaban J connectivity index is 5.30. The number of unbranched alkanes of at least 4 members (excludes halogenated alkanes) is 36. The molecule has 0 aromatic heterocycles. The Kier molecular flexibility index (Phi) is 61.9. The summed E-state index contributed by atoms with van der Waals surface area (Å²) in [6.45, 7) is 9.46. The first-order valence-corrected chi connectivity index (χ1v) is 39.8. The molecule has 0 amide bonds. The van der Waals surface area contributed by atoms with Crippen LogP contribution in [0, 0.1) is 11.8 Å². The Hall–Kier alpha value is -2.46. The van der Waals surface area contributed by atoms with Gasteiger partial charge in [0.2, 0.25) is 0 Å². The van der Waals surface area contributed by atoms with Crippen LogP contribution < -0.4 is 0 Å². The van der Waals surface area contributed by atoms with E-state index in [1.54, 1.807) is 0 Å². The van der Waals surface area contributed by atoms with Crippen molar-refractivity contribution in [1.82, 2.24) is 0 Å². The summed E-state index contributed by atoms with van der Waals surface area (Å²) in [7, 11) is -9.92. The zero-order valence-electron chi connectivity index (χ0n) is 58.6. The number of phosphoric acid groups is 2. The van der Waals surface area contributed by atoms with Crippen LogP contribution in [0.4, 0.5) is 0 Å². The molecule has 0 bridgehead atoms. The van der Waals surface area contributed by atoms with Gasteiger partial charge in [-0.05, 0) is 63.2 Å². The van der Waals surface area contributed by atoms with E-state index in [2.05, 4.69) is 65.8 Å². The van der Waals surface area contributed by atoms with Crippen LogP contribution in [0.5, 0.6) is 0 Å². The van der Waals surface area contributed by atoms with Crippen molar-refractivity contribution in [3.05, 3.63) is 24.3 Å². The monoisotopic (exact) mass is 1330 g/mol. The Labute approximate surface area is 554 Å². The zero-order chi connectivity index (χ0) is 67.2. The van der Waals surface area contributed by atoms with Crippen molar-refractivity contribution in [3.63, 3.8) is 0 Å². The lowest BCUT2D eigenvalue weighted by atomic mass is 10.0. The van der Waals surface area contributed by atoms with Gasteiger partial charge >= 0.3 is 39.5 Å². The molecule has 0 aromatic rings. The molecule has 0 radical (unpaired) electrons. The molecule has 0 rings (SSSR count). The molecule has 0 aliphatic heterocycles. The minimum atomic E-state index is -4.96. The van der Waals surface area contributed by atoms with Gasteiger partial charge in [-0.25, -0.2) is 9.13 Å². The molecule has 91 heavy (non-hydrogen) atoms. The molecule has 5 atom stereocenters. The van der Waals surface area contributed by atoms with Crippen LogP contribution >= 0.6 is 15.6 Å². The molecule has 0 spiro atoms. The first kappa shape index (κ1) is 88.5. The average molecular weight is 1340 g/mol. The maximum absolute atomic E-state index is 13.0. The molecule has 19 heteroatoms. The van der Waals surface area contributed by atoms with E-state index in [4.69, 9.17) is 37.0 Å². The van der Waals surface area contributed by atoms with Crippen LogP contribution in [0.25, 0.3) is 0 Å². The summed E-state index contributed by atoms with van der Waals surface area (Å²) in [5.41, 5.74) is 0. The van der Waals surface area contributed by atoms with Crippen LogP contribution in [0.1, 0.15) is 343 Å². The Morgan fingerprint density at radius 1 is 0.341 bits per heavy atom. The highest BCUT2D eigenvalue weighted by atomic mass is 31.2. The van der Waals surface area contributed by atoms with Gasteiger partial charge in [-0.2, -0.15) is 0 Å². The SMILES string of the molecule is CCCCCC/C=C\C=C/CCCCCCCC(=O)O[C@H](COC(=O)CCCCCCCCCCCCC(C)C)COP(=O)(O)OC[C@@H](O)COP(=O)(O)OC[C@@H](COC(=O)CCCCCCCCCCCCC)OC(=O)CCCCCCCCCCCC(C)C. The van der Waals surface area contributed by atoms with E-state index in [0.29, 0.717) is 25.7 Å². The highest BCUT2D eigenvalue weighted by Gasteiger charge is 2.30. The molecular formula is C72H136O17P2. The van der Waals surface area contributed by atoms with Crippen LogP contribution in [0.3, 0.4) is 0 Å². The number of allylic oxidation sites excluding steroid dienone is 4. The molecule has 17 nitrogen and oxygen atoms in total. The summed E-state index contributed by atoms with van der Waals surface area (Å²) >= 11 is 0. The predicted molar refractivity (Wildman–Crippen MR) is 367 cm³/mol. The standard InChI is InChI=1S/C72H136O17P2/c1-7-9-11-13-15-17-19-20-21-22-24-32-38-44-50-56-71(76)88-67(60-83-70(75)55-49-43-37-31-26-25-28-34-40-46-52-64(3)4)62-86-90(78,79)84-58-66(73)59-85-91(80,81)87-63-68(61-82-69(74)54-48-42-36-30-23-18-16-14-12-10-8-2)89-72(77)57-51-45-39-33-27-29-35-41-47-53-65(5)6/h17,19-21,64-68,73H,7-16,18,22-63H2,1-6H3,(H,78,79)(H,80,81)/b19-17-,21-20-/t66-,67-,68-/m1/s1. The number of ether oxygens (including phenoxy) is 4. The largest absolute Gasteiger partial charge is 0.472 e. The van der Waals surface area contributed by atoms with Crippen LogP contribution in [0.2, 0.25) is 0 Å². The summed E-state index contributed by atoms with van der Waals surface area (Å²) in [5.74, 6) is -0.661. The van der Waals surface area contributed by atoms with Crippen LogP contribution in [0.15, 0.2) is 24.3 Å². The quantitative estimate of drug-likeness (QED) is 0.0169. The first-order chi connectivity index (χ1) is 43.9. The normalized spacial score (nSPS) is 14.3. The van der Waals surface area contributed by atoms with Gasteiger partial charge in [0, 0.05) is 25.7 Å². The van der Waals surface area contributed by atoms with Crippen LogP contribution in [-0.2, 0) is 65.4 Å². The van der Waals surface area contributed by atoms with Crippen molar-refractivity contribution in [2.45, 2.75) is 362 Å². The van der Waals surface area contributed by atoms with E-state index >= 15 is 0 Å². The van der Waals surface area contributed by atoms with Crippen molar-refractivity contribution in [2.75, 3.05) is 39.6 Å². The minimum absolute atomic E-state index is 0.0847. The molecule has 3 N–H and O–H groups in total. The lowest BCUT2D eigenvalue weighted by Gasteiger charge is -2.21. The second-order valence-electron chi connectivity index (χ2n) is 26.2. The second kappa shape index (κ2) is 63.6. The lowest BCUT2D eigenvalue weighted by molar-refractivity contribution is -0.161. The molecular weight excluding hydrogens is 1200 g/mol. The van der Waals surface area contributed by atoms with E-state index in [0.717, 1.165) is 115 Å². The van der Waals surface area contributed by atoms with E-state index in [-0.39, 0.29) is 25.7 Å². The van der Waals surface area contributed by atoms with E-state index in [9.17, 15) is 43.2 Å². The van der Waals surface area contributed by atoms with Crippen molar-refractivity contribution < 1.29 is 80.2 Å². The maximum atomic E-state index is 13.0. The van der Waals surface area contributed by atoms with Gasteiger partial charge in [0.05, 0.1) is 26.4 Å². The molecule has 2 unspecified atom stereocenters. The lowest BCUT2D eigenvalue weighted by Crippen LogP contribution is -2.30. The number of carbonyl (C=O) groups is 4. The predicted octanol–water partition coefficient (Wildman–Crippen LogP) is 20.3. The van der Waals surface area contributed by atoms with Crippen LogP contribution in [-0.4, -0.2) is 96.7 Å². The number of hydrogen-bond acceptors (Lipinski definition) is 15. The van der Waals surface area contributed by atoms with Gasteiger partial charge in [0.25, 0.3) is 0 Å². The van der Waals surface area contributed by atoms with Gasteiger partial charge in [-0.3, -0.25) is 37.3 Å². The maximum Gasteiger partial charge on any atom is 0.472 e. The topological polar surface area (TPSA) is 237 Å². The fourth-order valence-electron chi connectivity index (χ4n) is 10.4. The third-order valence-electron chi connectivity index (χ3n) is 16.1. The van der Waals surface area contributed by atoms with E-state index in [1.807, 2.05) is 0 Å². The molecule has 0 fully saturated rings. The van der Waals surface area contributed by atoms with E-state index < -0.39 is 97.5 Å². The van der Waals surface area contributed by atoms with Crippen molar-refractivity contribution >= 4 is 39.5 Å². The molecule has 536 valence electrons. The van der Waals surface area contributed by atoms with Gasteiger partial charge < -0.3 is 33.8 Å². The molecule has 0 aliphatic rings. The third kappa shape index (κ3) is 66.0.